The first-order valence-electron chi connectivity index (χ1n) is 4.37. The van der Waals surface area contributed by atoms with Crippen LogP contribution in [-0.2, 0) is 0 Å². The summed E-state index contributed by atoms with van der Waals surface area (Å²) < 4.78 is 2.58. The molecule has 0 aromatic carbocycles. The van der Waals surface area contributed by atoms with Gasteiger partial charge in [-0.1, -0.05) is 0 Å². The van der Waals surface area contributed by atoms with Crippen molar-refractivity contribution in [2.45, 2.75) is 37.0 Å². The number of nitrogens with zero attached hydrogens (tertiary/aromatic N) is 1. The molecule has 1 aliphatic carbocycles. The summed E-state index contributed by atoms with van der Waals surface area (Å²) in [6.45, 7) is 4.10. The van der Waals surface area contributed by atoms with E-state index >= 15 is 0 Å². The third-order valence-corrected chi connectivity index (χ3v) is 8.01. The van der Waals surface area contributed by atoms with E-state index in [9.17, 15) is 0 Å². The van der Waals surface area contributed by atoms with Crippen molar-refractivity contribution >= 4 is 67.8 Å². The van der Waals surface area contributed by atoms with Crippen LogP contribution in [0.3, 0.4) is 0 Å². The molecular formula is C8H12NRbS. The number of thioether (sulfide) groups is 1. The van der Waals surface area contributed by atoms with E-state index in [4.69, 9.17) is 0 Å². The van der Waals surface area contributed by atoms with Gasteiger partial charge in [0.05, 0.1) is 0 Å². The predicted molar refractivity (Wildman–Crippen MR) is 50.4 cm³/mol. The molecule has 0 aromatic heterocycles. The molecule has 0 N–H and O–H groups in total. The van der Waals surface area contributed by atoms with Crippen molar-refractivity contribution in [3.05, 3.63) is 11.6 Å². The third kappa shape index (κ3) is 1.80. The molecule has 1 saturated carbocycles. The zero-order chi connectivity index (χ0) is 7.84. The summed E-state index contributed by atoms with van der Waals surface area (Å²) in [6, 6.07) is 0.900. The third-order valence-electron chi connectivity index (χ3n) is 2.85. The van der Waals surface area contributed by atoms with Crippen molar-refractivity contribution in [2.24, 2.45) is 0 Å². The molecule has 1 aliphatic heterocycles. The monoisotopic (exact) mass is 239 g/mol. The molecule has 0 radical (unpaired) electrons. The molecule has 0 aromatic rings. The number of hydrogen-bond acceptors (Lipinski definition) is 2. The number of rotatable bonds is 0. The van der Waals surface area contributed by atoms with Crippen molar-refractivity contribution in [3.8, 4) is 0 Å². The fourth-order valence-electron chi connectivity index (χ4n) is 2.10. The van der Waals surface area contributed by atoms with Gasteiger partial charge in [-0.2, -0.15) is 0 Å². The summed E-state index contributed by atoms with van der Waals surface area (Å²) in [4.78, 5) is 0. The normalized spacial score (nSPS) is 37.6. The predicted octanol–water partition coefficient (Wildman–Crippen LogP) is 1.90. The Hall–Kier alpha value is 1.70. The van der Waals surface area contributed by atoms with Gasteiger partial charge in [-0.15, -0.1) is 0 Å². The molecule has 1 nitrogen and oxygen atoms in total. The summed E-state index contributed by atoms with van der Waals surface area (Å²) in [7, 11) is 0. The van der Waals surface area contributed by atoms with Gasteiger partial charge in [0, 0.05) is 0 Å². The Labute approximate surface area is 113 Å². The molecule has 0 spiro atoms. The maximum atomic E-state index is 4.10. The van der Waals surface area contributed by atoms with Crippen LogP contribution in [0.1, 0.15) is 25.7 Å². The first-order chi connectivity index (χ1) is 5.29. The van der Waals surface area contributed by atoms with E-state index in [1.54, 1.807) is 0 Å². The molecule has 3 heteroatoms. The van der Waals surface area contributed by atoms with Gasteiger partial charge in [0.2, 0.25) is 0 Å². The van der Waals surface area contributed by atoms with Crippen molar-refractivity contribution in [2.75, 3.05) is 0 Å². The molecule has 1 heterocycles. The van der Waals surface area contributed by atoms with Gasteiger partial charge in [0.15, 0.2) is 0 Å². The van der Waals surface area contributed by atoms with E-state index in [0.29, 0.717) is 56.0 Å². The second kappa shape index (κ2) is 3.83. The van der Waals surface area contributed by atoms with Crippen LogP contribution in [0, 0.1) is 0 Å². The molecule has 11 heavy (non-hydrogen) atoms. The molecule has 0 amide bonds. The van der Waals surface area contributed by atoms with Crippen LogP contribution in [0.15, 0.2) is 11.6 Å². The minimum atomic E-state index is 0.649. The molecular weight excluding hydrogens is 228 g/mol. The van der Waals surface area contributed by atoms with Gasteiger partial charge in [-0.05, 0) is 0 Å². The summed E-state index contributed by atoms with van der Waals surface area (Å²) in [5.74, 6) is 0. The summed E-state index contributed by atoms with van der Waals surface area (Å²) in [6.07, 6.45) is 5.77. The van der Waals surface area contributed by atoms with Crippen LogP contribution in [0.4, 0.5) is 0 Å². The van der Waals surface area contributed by atoms with Crippen LogP contribution in [-0.4, -0.2) is 66.0 Å². The Kier molecular flexibility index (Phi) is 3.22. The zero-order valence-corrected chi connectivity index (χ0v) is 12.8. The average Bonchev–Trinajstić information content (AvgIpc) is 2.30. The van der Waals surface area contributed by atoms with Gasteiger partial charge >= 0.3 is 115 Å². The fraction of sp³-hybridized carbons (Fsp3) is 0.750. The summed E-state index contributed by atoms with van der Waals surface area (Å²) >= 11 is 2.69. The molecule has 2 rings (SSSR count). The topological polar surface area (TPSA) is 3.24 Å². The van der Waals surface area contributed by atoms with E-state index in [-0.39, 0.29) is 0 Å². The van der Waals surface area contributed by atoms with Gasteiger partial charge in [-0.3, -0.25) is 0 Å². The van der Waals surface area contributed by atoms with E-state index in [0.717, 1.165) is 11.3 Å². The number of hydrogen-bond donors (Lipinski definition) is 0. The van der Waals surface area contributed by atoms with Crippen molar-refractivity contribution in [1.82, 2.24) is -1.36 Å². The SMILES string of the molecule is C=C1SC2CCCCC2[N]1[Rb]. The van der Waals surface area contributed by atoms with Gasteiger partial charge in [-0.25, -0.2) is 0 Å². The Bertz CT molecular complexity index is 183. The molecule has 2 fully saturated rings. The molecule has 0 bridgehead atoms. The quantitative estimate of drug-likeness (QED) is 0.635. The molecule has 2 atom stereocenters. The van der Waals surface area contributed by atoms with Crippen LogP contribution < -0.4 is 0 Å². The van der Waals surface area contributed by atoms with Crippen LogP contribution in [0.25, 0.3) is 0 Å². The molecule has 2 aliphatic rings. The average molecular weight is 240 g/mol. The molecule has 2 unspecified atom stereocenters. The van der Waals surface area contributed by atoms with E-state index in [1.807, 2.05) is 11.8 Å². The Morgan fingerprint density at radius 2 is 2.18 bits per heavy atom. The Morgan fingerprint density at radius 1 is 1.45 bits per heavy atom. The van der Waals surface area contributed by atoms with E-state index < -0.39 is 0 Å². The second-order valence-corrected chi connectivity index (χ2v) is 7.19. The van der Waals surface area contributed by atoms with Crippen molar-refractivity contribution < 1.29 is 0 Å². The van der Waals surface area contributed by atoms with Gasteiger partial charge < -0.3 is 0 Å². The zero-order valence-electron chi connectivity index (χ0n) is 7.05. The maximum absolute atomic E-state index is 4.10. The van der Waals surface area contributed by atoms with Crippen LogP contribution >= 0.6 is 11.8 Å². The first kappa shape index (κ1) is 9.26. The van der Waals surface area contributed by atoms with E-state index in [2.05, 4.69) is 5.22 Å². The van der Waals surface area contributed by atoms with Crippen molar-refractivity contribution in [1.29, 1.82) is 0 Å². The standard InChI is InChI=1S/C8H12NS.Rb/c1-6-9-7-4-2-3-5-8(7)10-6;/h7-8H,1-5H2;/q-1;+1. The van der Waals surface area contributed by atoms with Crippen LogP contribution in [0.2, 0.25) is 0 Å². The molecule has 1 saturated heterocycles. The molecule has 56 valence electrons. The fourth-order valence-corrected chi connectivity index (χ4v) is 6.34. The first-order valence-corrected chi connectivity index (χ1v) is 7.45. The summed E-state index contributed by atoms with van der Waals surface area (Å²) in [5, 5.41) is 2.29. The van der Waals surface area contributed by atoms with Crippen molar-refractivity contribution in [3.63, 3.8) is 0 Å². The van der Waals surface area contributed by atoms with Gasteiger partial charge in [0.25, 0.3) is 0 Å². The Morgan fingerprint density at radius 3 is 2.91 bits per heavy atom. The summed E-state index contributed by atoms with van der Waals surface area (Å²) in [5.41, 5.74) is 0. The Balaban J connectivity index is 2.11. The van der Waals surface area contributed by atoms with E-state index in [1.165, 1.54) is 30.7 Å². The van der Waals surface area contributed by atoms with Gasteiger partial charge in [0.1, 0.15) is 0 Å². The minimum absolute atomic E-state index is 0.649. The number of fused-ring (bicyclic) bond motifs is 1. The van der Waals surface area contributed by atoms with Crippen LogP contribution in [0.5, 0.6) is 0 Å². The second-order valence-electron chi connectivity index (χ2n) is 3.51.